The van der Waals surface area contributed by atoms with Crippen LogP contribution in [0, 0.1) is 0 Å². The number of carbonyl (C=O) groups excluding carboxylic acids is 7. The van der Waals surface area contributed by atoms with E-state index < -0.39 is 84.6 Å². The number of likely N-dealkylation sites (tertiary alicyclic amines) is 1. The highest BCUT2D eigenvalue weighted by Crippen LogP contribution is 2.19. The van der Waals surface area contributed by atoms with Crippen LogP contribution in [0.4, 0.5) is 0 Å². The molecule has 1 aliphatic rings. The van der Waals surface area contributed by atoms with Crippen LogP contribution in [-0.2, 0) is 40.0 Å². The van der Waals surface area contributed by atoms with Gasteiger partial charge in [0.25, 0.3) is 0 Å². The zero-order chi connectivity index (χ0) is 30.7. The van der Waals surface area contributed by atoms with Crippen LogP contribution in [0.2, 0.25) is 0 Å². The molecular formula is C23H35N9O8S. The van der Waals surface area contributed by atoms with Crippen molar-refractivity contribution in [3.8, 4) is 0 Å². The molecule has 0 radical (unpaired) electrons. The van der Waals surface area contributed by atoms with Crippen molar-refractivity contribution >= 4 is 54.0 Å². The molecule has 2 heterocycles. The van der Waals surface area contributed by atoms with Crippen molar-refractivity contribution in [2.75, 3.05) is 18.9 Å². The van der Waals surface area contributed by atoms with Gasteiger partial charge < -0.3 is 47.7 Å². The topological polar surface area (TPSA) is 272 Å². The fourth-order valence-corrected chi connectivity index (χ4v) is 4.46. The van der Waals surface area contributed by atoms with Crippen LogP contribution in [0.25, 0.3) is 0 Å². The third-order valence-corrected chi connectivity index (χ3v) is 6.55. The summed E-state index contributed by atoms with van der Waals surface area (Å²) in [4.78, 5) is 94.5. The number of aromatic nitrogens is 2. The van der Waals surface area contributed by atoms with Gasteiger partial charge in [0.05, 0.1) is 19.4 Å². The molecule has 10 N–H and O–H groups in total. The zero-order valence-electron chi connectivity index (χ0n) is 22.3. The summed E-state index contributed by atoms with van der Waals surface area (Å²) in [5, 5.41) is 19.4. The fraction of sp³-hybridized carbons (Fsp3) is 0.565. The molecule has 0 bridgehead atoms. The van der Waals surface area contributed by atoms with Gasteiger partial charge in [-0.1, -0.05) is 0 Å². The van der Waals surface area contributed by atoms with E-state index in [4.69, 9.17) is 11.5 Å². The second-order valence-electron chi connectivity index (χ2n) is 9.35. The van der Waals surface area contributed by atoms with Crippen molar-refractivity contribution in [3.63, 3.8) is 0 Å². The number of aliphatic hydroxyl groups excluding tert-OH is 1. The highest BCUT2D eigenvalue weighted by Gasteiger charge is 2.39. The summed E-state index contributed by atoms with van der Waals surface area (Å²) in [6, 6.07) is -6.31. The van der Waals surface area contributed by atoms with E-state index in [0.29, 0.717) is 12.1 Å². The maximum Gasteiger partial charge on any atom is 0.248 e. The van der Waals surface area contributed by atoms with E-state index in [1.165, 1.54) is 19.4 Å². The number of nitrogens with two attached hydrogens (primary N) is 2. The van der Waals surface area contributed by atoms with Gasteiger partial charge in [-0.15, -0.1) is 0 Å². The third-order valence-electron chi connectivity index (χ3n) is 6.19. The lowest BCUT2D eigenvalue weighted by Crippen LogP contribution is -2.60. The SMILES string of the molecule is CC(=O)N[C@@H](Cc1cnc[nH]1)C(=O)N[C@@H](CO)C(=O)N1CCC[C@H]1C(=O)N[C@@H](CC(N)=O)C(=O)N[C@@H](CS)C(N)=O. The maximum atomic E-state index is 13.3. The van der Waals surface area contributed by atoms with Crippen molar-refractivity contribution in [2.24, 2.45) is 11.5 Å². The van der Waals surface area contributed by atoms with Crippen molar-refractivity contribution in [1.82, 2.24) is 36.1 Å². The number of hydrogen-bond acceptors (Lipinski definition) is 10. The molecule has 0 spiro atoms. The lowest BCUT2D eigenvalue weighted by Gasteiger charge is -2.30. The van der Waals surface area contributed by atoms with E-state index in [9.17, 15) is 38.7 Å². The molecular weight excluding hydrogens is 562 g/mol. The number of aliphatic hydroxyl groups is 1. The average molecular weight is 598 g/mol. The number of primary amides is 2. The minimum atomic E-state index is -1.48. The summed E-state index contributed by atoms with van der Waals surface area (Å²) < 4.78 is 0. The fourth-order valence-electron chi connectivity index (χ4n) is 4.19. The Bertz CT molecular complexity index is 1130. The van der Waals surface area contributed by atoms with Gasteiger partial charge >= 0.3 is 0 Å². The molecule has 1 saturated heterocycles. The van der Waals surface area contributed by atoms with Crippen molar-refractivity contribution < 1.29 is 38.7 Å². The third kappa shape index (κ3) is 9.75. The number of amides is 7. The van der Waals surface area contributed by atoms with E-state index in [2.05, 4.69) is 43.9 Å². The lowest BCUT2D eigenvalue weighted by molar-refractivity contribution is -0.143. The quantitative estimate of drug-likeness (QED) is 0.0876. The van der Waals surface area contributed by atoms with Crippen LogP contribution in [0.5, 0.6) is 0 Å². The summed E-state index contributed by atoms with van der Waals surface area (Å²) in [7, 11) is 0. The van der Waals surface area contributed by atoms with E-state index in [1.807, 2.05) is 0 Å². The Hall–Kier alpha value is -4.19. The molecule has 5 atom stereocenters. The molecule has 2 rings (SSSR count). The molecule has 18 heteroatoms. The summed E-state index contributed by atoms with van der Waals surface area (Å²) >= 11 is 3.93. The molecule has 17 nitrogen and oxygen atoms in total. The lowest BCUT2D eigenvalue weighted by atomic mass is 10.1. The normalized spacial score (nSPS) is 17.4. The van der Waals surface area contributed by atoms with Gasteiger partial charge in [-0.2, -0.15) is 12.6 Å². The first-order valence-electron chi connectivity index (χ1n) is 12.6. The number of aromatic amines is 1. The highest BCUT2D eigenvalue weighted by molar-refractivity contribution is 7.80. The van der Waals surface area contributed by atoms with E-state index in [1.54, 1.807) is 0 Å². The van der Waals surface area contributed by atoms with Crippen LogP contribution in [0.15, 0.2) is 12.5 Å². The molecule has 7 amide bonds. The largest absolute Gasteiger partial charge is 0.394 e. The molecule has 1 fully saturated rings. The summed E-state index contributed by atoms with van der Waals surface area (Å²) in [6.45, 7) is 0.507. The standard InChI is InChI=1S/C23H35N9O8S/c1-11(34)28-13(5-12-7-26-10-27-12)20(37)30-15(8-33)23(40)32-4-2-3-17(32)22(39)29-14(6-18(24)35)21(38)31-16(9-41)19(25)36/h7,10,13-17,33,41H,2-6,8-9H2,1H3,(H2,24,35)(H2,25,36)(H,26,27)(H,28,34)(H,29,39)(H,30,37)(H,31,38)/t13-,14-,15-,16-,17-/m0/s1. The summed E-state index contributed by atoms with van der Waals surface area (Å²) in [5.41, 5.74) is 11.0. The monoisotopic (exact) mass is 597 g/mol. The van der Waals surface area contributed by atoms with Crippen LogP contribution >= 0.6 is 12.6 Å². The maximum absolute atomic E-state index is 13.3. The summed E-state index contributed by atoms with van der Waals surface area (Å²) in [6.07, 6.45) is 2.85. The Morgan fingerprint density at radius 2 is 1.71 bits per heavy atom. The van der Waals surface area contributed by atoms with Gasteiger partial charge in [0.1, 0.15) is 30.2 Å². The van der Waals surface area contributed by atoms with Crippen molar-refractivity contribution in [3.05, 3.63) is 18.2 Å². The first-order chi connectivity index (χ1) is 19.4. The molecule has 1 aromatic heterocycles. The number of H-pyrrole nitrogens is 1. The van der Waals surface area contributed by atoms with E-state index in [-0.39, 0.29) is 25.1 Å². The summed E-state index contributed by atoms with van der Waals surface area (Å²) in [5.74, 6) is -5.67. The van der Waals surface area contributed by atoms with Crippen molar-refractivity contribution in [2.45, 2.75) is 62.8 Å². The van der Waals surface area contributed by atoms with Crippen molar-refractivity contribution in [1.29, 1.82) is 0 Å². The van der Waals surface area contributed by atoms with Gasteiger partial charge in [-0.25, -0.2) is 4.98 Å². The molecule has 0 aromatic carbocycles. The van der Waals surface area contributed by atoms with Gasteiger partial charge in [0.15, 0.2) is 0 Å². The van der Waals surface area contributed by atoms with Crippen LogP contribution in [0.1, 0.15) is 31.9 Å². The number of nitrogens with one attached hydrogen (secondary N) is 5. The minimum absolute atomic E-state index is 0.0274. The molecule has 0 aliphatic carbocycles. The molecule has 41 heavy (non-hydrogen) atoms. The Morgan fingerprint density at radius 3 is 2.24 bits per heavy atom. The first kappa shape index (κ1) is 33.0. The predicted octanol–water partition coefficient (Wildman–Crippen LogP) is -4.81. The van der Waals surface area contributed by atoms with Gasteiger partial charge in [0.2, 0.25) is 41.4 Å². The molecule has 0 unspecified atom stereocenters. The minimum Gasteiger partial charge on any atom is -0.394 e. The van der Waals surface area contributed by atoms with E-state index >= 15 is 0 Å². The second kappa shape index (κ2) is 15.6. The number of nitrogens with zero attached hydrogens (tertiary/aromatic N) is 2. The Labute approximate surface area is 240 Å². The number of carbonyl (C=O) groups is 7. The molecule has 226 valence electrons. The van der Waals surface area contributed by atoms with Crippen LogP contribution in [0.3, 0.4) is 0 Å². The number of thiol groups is 1. The van der Waals surface area contributed by atoms with Crippen LogP contribution in [-0.4, -0.2) is 110 Å². The number of hydrogen-bond donors (Lipinski definition) is 9. The molecule has 0 saturated carbocycles. The van der Waals surface area contributed by atoms with Gasteiger partial charge in [-0.3, -0.25) is 33.6 Å². The molecule has 1 aliphatic heterocycles. The predicted molar refractivity (Wildman–Crippen MR) is 144 cm³/mol. The Balaban J connectivity index is 2.13. The number of rotatable bonds is 15. The zero-order valence-corrected chi connectivity index (χ0v) is 23.2. The average Bonchev–Trinajstić information content (AvgIpc) is 3.60. The number of imidazole rings is 1. The van der Waals surface area contributed by atoms with Crippen LogP contribution < -0.4 is 32.7 Å². The first-order valence-corrected chi connectivity index (χ1v) is 13.3. The Morgan fingerprint density at radius 1 is 1.05 bits per heavy atom. The highest BCUT2D eigenvalue weighted by atomic mass is 32.1. The van der Waals surface area contributed by atoms with E-state index in [0.717, 1.165) is 4.90 Å². The molecule has 1 aromatic rings. The second-order valence-corrected chi connectivity index (χ2v) is 9.71. The van der Waals surface area contributed by atoms with Gasteiger partial charge in [-0.05, 0) is 12.8 Å². The smallest absolute Gasteiger partial charge is 0.248 e. The Kier molecular flexibility index (Phi) is 12.5. The van der Waals surface area contributed by atoms with Gasteiger partial charge in [0, 0.05) is 37.5 Å².